The van der Waals surface area contributed by atoms with E-state index in [0.717, 1.165) is 11.1 Å². The SMILES string of the molecule is NC(=O)C(Cc1ccccc1)NC(=O)c1cccc(Cn2cccn2)c1. The quantitative estimate of drug-likeness (QED) is 0.682. The van der Waals surface area contributed by atoms with Gasteiger partial charge in [0.25, 0.3) is 5.91 Å². The molecule has 3 N–H and O–H groups in total. The van der Waals surface area contributed by atoms with Gasteiger partial charge in [-0.1, -0.05) is 42.5 Å². The number of rotatable bonds is 7. The summed E-state index contributed by atoms with van der Waals surface area (Å²) in [6, 6.07) is 17.8. The maximum atomic E-state index is 12.6. The molecule has 1 heterocycles. The summed E-state index contributed by atoms with van der Waals surface area (Å²) in [4.78, 5) is 24.3. The van der Waals surface area contributed by atoms with Crippen molar-refractivity contribution in [3.8, 4) is 0 Å². The van der Waals surface area contributed by atoms with E-state index >= 15 is 0 Å². The molecule has 0 spiro atoms. The Balaban J connectivity index is 1.70. The maximum Gasteiger partial charge on any atom is 0.251 e. The number of hydrogen-bond acceptors (Lipinski definition) is 3. The molecule has 0 radical (unpaired) electrons. The van der Waals surface area contributed by atoms with Crippen molar-refractivity contribution in [2.75, 3.05) is 0 Å². The molecule has 3 aromatic rings. The maximum absolute atomic E-state index is 12.6. The number of amides is 2. The van der Waals surface area contributed by atoms with Crippen LogP contribution in [0.5, 0.6) is 0 Å². The summed E-state index contributed by atoms with van der Waals surface area (Å²) in [5.74, 6) is -0.887. The van der Waals surface area contributed by atoms with E-state index in [2.05, 4.69) is 10.4 Å². The van der Waals surface area contributed by atoms with Crippen molar-refractivity contribution < 1.29 is 9.59 Å². The summed E-state index contributed by atoms with van der Waals surface area (Å²) in [5, 5.41) is 6.89. The molecular weight excluding hydrogens is 328 g/mol. The number of nitrogens with one attached hydrogen (secondary N) is 1. The molecule has 0 saturated heterocycles. The molecule has 0 aliphatic rings. The monoisotopic (exact) mass is 348 g/mol. The Morgan fingerprint density at radius 2 is 1.81 bits per heavy atom. The minimum Gasteiger partial charge on any atom is -0.368 e. The number of hydrogen-bond donors (Lipinski definition) is 2. The molecule has 3 rings (SSSR count). The van der Waals surface area contributed by atoms with Crippen LogP contribution in [0.25, 0.3) is 0 Å². The molecule has 0 fully saturated rings. The third-order valence-corrected chi connectivity index (χ3v) is 4.02. The third kappa shape index (κ3) is 4.57. The van der Waals surface area contributed by atoms with Crippen LogP contribution in [0.2, 0.25) is 0 Å². The topological polar surface area (TPSA) is 90.0 Å². The normalized spacial score (nSPS) is 11.7. The van der Waals surface area contributed by atoms with E-state index in [9.17, 15) is 9.59 Å². The highest BCUT2D eigenvalue weighted by Crippen LogP contribution is 2.09. The minimum atomic E-state index is -0.764. The second kappa shape index (κ2) is 8.11. The highest BCUT2D eigenvalue weighted by Gasteiger charge is 2.19. The largest absolute Gasteiger partial charge is 0.368 e. The Morgan fingerprint density at radius 1 is 1.04 bits per heavy atom. The number of carbonyl (C=O) groups excluding carboxylic acids is 2. The molecule has 6 heteroatoms. The van der Waals surface area contributed by atoms with Crippen molar-refractivity contribution in [3.05, 3.63) is 89.7 Å². The molecule has 2 amide bonds. The minimum absolute atomic E-state index is 0.327. The first-order valence-electron chi connectivity index (χ1n) is 8.32. The van der Waals surface area contributed by atoms with E-state index in [1.165, 1.54) is 0 Å². The lowest BCUT2D eigenvalue weighted by molar-refractivity contribution is -0.119. The summed E-state index contributed by atoms with van der Waals surface area (Å²) in [6.07, 6.45) is 3.92. The zero-order valence-corrected chi connectivity index (χ0v) is 14.2. The van der Waals surface area contributed by atoms with Crippen molar-refractivity contribution in [3.63, 3.8) is 0 Å². The molecular formula is C20H20N4O2. The first-order valence-corrected chi connectivity index (χ1v) is 8.32. The summed E-state index contributed by atoms with van der Waals surface area (Å²) in [7, 11) is 0. The van der Waals surface area contributed by atoms with Crippen molar-refractivity contribution in [2.45, 2.75) is 19.0 Å². The number of aromatic nitrogens is 2. The fourth-order valence-electron chi connectivity index (χ4n) is 2.71. The smallest absolute Gasteiger partial charge is 0.251 e. The van der Waals surface area contributed by atoms with Crippen LogP contribution in [0, 0.1) is 0 Å². The predicted molar refractivity (Wildman–Crippen MR) is 98.4 cm³/mol. The summed E-state index contributed by atoms with van der Waals surface area (Å²) >= 11 is 0. The predicted octanol–water partition coefficient (Wildman–Crippen LogP) is 1.76. The van der Waals surface area contributed by atoms with Gasteiger partial charge in [-0.25, -0.2) is 0 Å². The molecule has 0 aliphatic carbocycles. The third-order valence-electron chi connectivity index (χ3n) is 4.02. The summed E-state index contributed by atoms with van der Waals surface area (Å²) < 4.78 is 1.78. The van der Waals surface area contributed by atoms with Gasteiger partial charge in [-0.3, -0.25) is 14.3 Å². The number of nitrogens with zero attached hydrogens (tertiary/aromatic N) is 2. The van der Waals surface area contributed by atoms with Crippen molar-refractivity contribution in [1.29, 1.82) is 0 Å². The molecule has 1 aromatic heterocycles. The molecule has 0 saturated carbocycles. The lowest BCUT2D eigenvalue weighted by Gasteiger charge is -2.16. The van der Waals surface area contributed by atoms with Gasteiger partial charge in [0.15, 0.2) is 0 Å². The first-order chi connectivity index (χ1) is 12.6. The fourth-order valence-corrected chi connectivity index (χ4v) is 2.71. The van der Waals surface area contributed by atoms with Gasteiger partial charge < -0.3 is 11.1 Å². The molecule has 1 atom stereocenters. The van der Waals surface area contributed by atoms with Gasteiger partial charge in [0.2, 0.25) is 5.91 Å². The number of carbonyl (C=O) groups is 2. The van der Waals surface area contributed by atoms with E-state index in [1.54, 1.807) is 23.0 Å². The molecule has 132 valence electrons. The average molecular weight is 348 g/mol. The van der Waals surface area contributed by atoms with Crippen LogP contribution in [-0.4, -0.2) is 27.6 Å². The van der Waals surface area contributed by atoms with Crippen LogP contribution in [0.3, 0.4) is 0 Å². The summed E-state index contributed by atoms with van der Waals surface area (Å²) in [6.45, 7) is 0.567. The van der Waals surface area contributed by atoms with Crippen LogP contribution in [0.4, 0.5) is 0 Å². The van der Waals surface area contributed by atoms with E-state index in [1.807, 2.05) is 54.7 Å². The van der Waals surface area contributed by atoms with Gasteiger partial charge in [-0.05, 0) is 29.3 Å². The second-order valence-corrected chi connectivity index (χ2v) is 6.02. The zero-order valence-electron chi connectivity index (χ0n) is 14.2. The Kier molecular flexibility index (Phi) is 5.43. The van der Waals surface area contributed by atoms with Crippen molar-refractivity contribution in [2.24, 2.45) is 5.73 Å². The van der Waals surface area contributed by atoms with E-state index in [-0.39, 0.29) is 5.91 Å². The van der Waals surface area contributed by atoms with E-state index in [4.69, 9.17) is 5.73 Å². The van der Waals surface area contributed by atoms with Gasteiger partial charge in [0.05, 0.1) is 6.54 Å². The lowest BCUT2D eigenvalue weighted by atomic mass is 10.0. The van der Waals surface area contributed by atoms with Crippen molar-refractivity contribution >= 4 is 11.8 Å². The Morgan fingerprint density at radius 3 is 2.50 bits per heavy atom. The molecule has 26 heavy (non-hydrogen) atoms. The van der Waals surface area contributed by atoms with Crippen molar-refractivity contribution in [1.82, 2.24) is 15.1 Å². The lowest BCUT2D eigenvalue weighted by Crippen LogP contribution is -2.45. The van der Waals surface area contributed by atoms with Crippen LogP contribution >= 0.6 is 0 Å². The van der Waals surface area contributed by atoms with Crippen LogP contribution < -0.4 is 11.1 Å². The standard InChI is InChI=1S/C20H20N4O2/c21-19(25)18(13-15-6-2-1-3-7-15)23-20(26)17-9-4-8-16(12-17)14-24-11-5-10-22-24/h1-12,18H,13-14H2,(H2,21,25)(H,23,26). The molecule has 1 unspecified atom stereocenters. The van der Waals surface area contributed by atoms with Gasteiger partial charge >= 0.3 is 0 Å². The Labute approximate surface area is 151 Å². The average Bonchev–Trinajstić information content (AvgIpc) is 3.15. The van der Waals surface area contributed by atoms with E-state index in [0.29, 0.717) is 18.5 Å². The zero-order chi connectivity index (χ0) is 18.4. The molecule has 0 aliphatic heterocycles. The van der Waals surface area contributed by atoms with Gasteiger partial charge in [-0.15, -0.1) is 0 Å². The summed E-state index contributed by atoms with van der Waals surface area (Å²) in [5.41, 5.74) is 7.83. The second-order valence-electron chi connectivity index (χ2n) is 6.02. The molecule has 0 bridgehead atoms. The van der Waals surface area contributed by atoms with E-state index < -0.39 is 11.9 Å². The number of benzene rings is 2. The van der Waals surface area contributed by atoms with Crippen LogP contribution in [-0.2, 0) is 17.8 Å². The highest BCUT2D eigenvalue weighted by atomic mass is 16.2. The van der Waals surface area contributed by atoms with Crippen LogP contribution in [0.15, 0.2) is 73.1 Å². The Hall–Kier alpha value is -3.41. The first kappa shape index (κ1) is 17.4. The Bertz CT molecular complexity index is 876. The molecule has 2 aromatic carbocycles. The number of primary amides is 1. The van der Waals surface area contributed by atoms with Crippen LogP contribution in [0.1, 0.15) is 21.5 Å². The van der Waals surface area contributed by atoms with Gasteiger partial charge in [0.1, 0.15) is 6.04 Å². The highest BCUT2D eigenvalue weighted by molar-refractivity contribution is 5.97. The fraction of sp³-hybridized carbons (Fsp3) is 0.150. The number of nitrogens with two attached hydrogens (primary N) is 1. The van der Waals surface area contributed by atoms with Gasteiger partial charge in [-0.2, -0.15) is 5.10 Å². The van der Waals surface area contributed by atoms with Gasteiger partial charge in [0, 0.05) is 24.4 Å². The molecule has 6 nitrogen and oxygen atoms in total.